The summed E-state index contributed by atoms with van der Waals surface area (Å²) in [4.78, 5) is 14.6. The van der Waals surface area contributed by atoms with Gasteiger partial charge in [-0.1, -0.05) is 122 Å². The Labute approximate surface area is 235 Å². The number of unbranched alkanes of at least 4 members (excludes halogenated alkanes) is 18. The number of nitrogens with zero attached hydrogens (tertiary/aromatic N) is 1. The number of ether oxygens (including phenoxy) is 4. The fraction of sp³-hybridized carbons (Fsp3) is 0.969. The molecular weight excluding hydrogens is 478 g/mol. The molecule has 0 unspecified atom stereocenters. The average Bonchev–Trinajstić information content (AvgIpc) is 2.94. The van der Waals surface area contributed by atoms with Crippen LogP contribution in [0, 0.1) is 0 Å². The fourth-order valence-electron chi connectivity index (χ4n) is 4.99. The Balaban J connectivity index is 1.92. The molecular formula is C32H63NO5. The van der Waals surface area contributed by atoms with Gasteiger partial charge in [0, 0.05) is 19.5 Å². The minimum absolute atomic E-state index is 0.223. The SMILES string of the molecule is CCCCCCCCCCCCCCCCCCCCCC(=O)N1CCOCCOCCOCCOCC1. The van der Waals surface area contributed by atoms with E-state index in [0.29, 0.717) is 72.4 Å². The highest BCUT2D eigenvalue weighted by molar-refractivity contribution is 5.76. The van der Waals surface area contributed by atoms with Crippen LogP contribution in [0.25, 0.3) is 0 Å². The molecule has 1 rings (SSSR count). The van der Waals surface area contributed by atoms with Crippen LogP contribution in [0.3, 0.4) is 0 Å². The molecule has 0 spiro atoms. The maximum atomic E-state index is 12.7. The van der Waals surface area contributed by atoms with Gasteiger partial charge in [-0.25, -0.2) is 0 Å². The van der Waals surface area contributed by atoms with Crippen LogP contribution in [0.1, 0.15) is 135 Å². The van der Waals surface area contributed by atoms with Crippen LogP contribution in [0.2, 0.25) is 0 Å². The van der Waals surface area contributed by atoms with E-state index in [9.17, 15) is 4.79 Å². The van der Waals surface area contributed by atoms with Gasteiger partial charge >= 0.3 is 0 Å². The molecule has 0 aromatic heterocycles. The summed E-state index contributed by atoms with van der Waals surface area (Å²) in [5.74, 6) is 0.223. The molecule has 1 amide bonds. The van der Waals surface area contributed by atoms with Gasteiger partial charge in [0.05, 0.1) is 52.9 Å². The second-order valence-corrected chi connectivity index (χ2v) is 10.9. The Morgan fingerprint density at radius 3 is 1.08 bits per heavy atom. The molecule has 0 bridgehead atoms. The van der Waals surface area contributed by atoms with Gasteiger partial charge in [-0.3, -0.25) is 4.79 Å². The highest BCUT2D eigenvalue weighted by Crippen LogP contribution is 2.15. The minimum Gasteiger partial charge on any atom is -0.377 e. The van der Waals surface area contributed by atoms with Crippen molar-refractivity contribution in [3.05, 3.63) is 0 Å². The largest absolute Gasteiger partial charge is 0.377 e. The first-order chi connectivity index (χ1) is 18.8. The van der Waals surface area contributed by atoms with E-state index in [0.717, 1.165) is 12.8 Å². The topological polar surface area (TPSA) is 57.2 Å². The van der Waals surface area contributed by atoms with E-state index in [4.69, 9.17) is 18.9 Å². The summed E-state index contributed by atoms with van der Waals surface area (Å²) in [6.45, 7) is 8.01. The molecule has 1 fully saturated rings. The first kappa shape index (κ1) is 35.3. The summed E-state index contributed by atoms with van der Waals surface area (Å²) in [7, 11) is 0. The standard InChI is InChI=1S/C32H63NO5/c1-2-3-4-5-6-7-8-9-10-11-12-13-14-15-16-17-18-19-20-21-32(34)33-22-24-35-26-28-37-30-31-38-29-27-36-25-23-33/h2-31H2,1H3. The zero-order valence-corrected chi connectivity index (χ0v) is 25.2. The number of rotatable bonds is 20. The van der Waals surface area contributed by atoms with Crippen LogP contribution in [0.5, 0.6) is 0 Å². The second-order valence-electron chi connectivity index (χ2n) is 10.9. The van der Waals surface area contributed by atoms with E-state index < -0.39 is 0 Å². The number of amides is 1. The lowest BCUT2D eigenvalue weighted by atomic mass is 10.0. The number of hydrogen-bond acceptors (Lipinski definition) is 5. The van der Waals surface area contributed by atoms with Gasteiger partial charge in [0.15, 0.2) is 0 Å². The summed E-state index contributed by atoms with van der Waals surface area (Å²) in [6, 6.07) is 0. The smallest absolute Gasteiger partial charge is 0.222 e. The van der Waals surface area contributed by atoms with Crippen LogP contribution in [-0.4, -0.2) is 76.8 Å². The molecule has 1 heterocycles. The predicted octanol–water partition coefficient (Wildman–Crippen LogP) is 7.72. The van der Waals surface area contributed by atoms with Crippen molar-refractivity contribution in [3.63, 3.8) is 0 Å². The third-order valence-corrected chi connectivity index (χ3v) is 7.47. The molecule has 0 atom stereocenters. The van der Waals surface area contributed by atoms with E-state index in [1.54, 1.807) is 0 Å². The second kappa shape index (κ2) is 29.3. The van der Waals surface area contributed by atoms with Gasteiger partial charge in [-0.2, -0.15) is 0 Å². The summed E-state index contributed by atoms with van der Waals surface area (Å²) in [5, 5.41) is 0. The number of carbonyl (C=O) groups excluding carboxylic acids is 1. The molecule has 38 heavy (non-hydrogen) atoms. The van der Waals surface area contributed by atoms with Gasteiger partial charge in [-0.15, -0.1) is 0 Å². The van der Waals surface area contributed by atoms with E-state index in [1.807, 2.05) is 4.90 Å². The predicted molar refractivity (Wildman–Crippen MR) is 158 cm³/mol. The molecule has 6 nitrogen and oxygen atoms in total. The monoisotopic (exact) mass is 541 g/mol. The average molecular weight is 542 g/mol. The first-order valence-corrected chi connectivity index (χ1v) is 16.4. The molecule has 1 aliphatic heterocycles. The van der Waals surface area contributed by atoms with Crippen LogP contribution >= 0.6 is 0 Å². The van der Waals surface area contributed by atoms with E-state index in [2.05, 4.69) is 6.92 Å². The van der Waals surface area contributed by atoms with E-state index in [1.165, 1.54) is 109 Å². The van der Waals surface area contributed by atoms with Crippen LogP contribution in [0.4, 0.5) is 0 Å². The van der Waals surface area contributed by atoms with Gasteiger partial charge in [-0.05, 0) is 6.42 Å². The Bertz CT molecular complexity index is 474. The maximum Gasteiger partial charge on any atom is 0.222 e. The molecule has 226 valence electrons. The van der Waals surface area contributed by atoms with Crippen LogP contribution in [0.15, 0.2) is 0 Å². The summed E-state index contributed by atoms with van der Waals surface area (Å²) in [5.41, 5.74) is 0. The van der Waals surface area contributed by atoms with Crippen molar-refractivity contribution in [2.75, 3.05) is 65.9 Å². The van der Waals surface area contributed by atoms with Crippen molar-refractivity contribution in [2.24, 2.45) is 0 Å². The van der Waals surface area contributed by atoms with Crippen molar-refractivity contribution < 1.29 is 23.7 Å². The van der Waals surface area contributed by atoms with Gasteiger partial charge in [0.2, 0.25) is 5.91 Å². The van der Waals surface area contributed by atoms with Crippen LogP contribution in [-0.2, 0) is 23.7 Å². The molecule has 0 aromatic rings. The lowest BCUT2D eigenvalue weighted by Gasteiger charge is -2.22. The lowest BCUT2D eigenvalue weighted by Crippen LogP contribution is -2.36. The van der Waals surface area contributed by atoms with Gasteiger partial charge < -0.3 is 23.8 Å². The minimum atomic E-state index is 0.223. The third kappa shape index (κ3) is 24.4. The molecule has 0 N–H and O–H groups in total. The molecule has 1 saturated heterocycles. The van der Waals surface area contributed by atoms with Gasteiger partial charge in [0.1, 0.15) is 0 Å². The zero-order chi connectivity index (χ0) is 27.2. The molecule has 6 heteroatoms. The Kier molecular flexibility index (Phi) is 27.2. The Morgan fingerprint density at radius 2 is 0.737 bits per heavy atom. The van der Waals surface area contributed by atoms with E-state index in [-0.39, 0.29) is 5.91 Å². The maximum absolute atomic E-state index is 12.7. The quantitative estimate of drug-likeness (QED) is 0.148. The van der Waals surface area contributed by atoms with Crippen LogP contribution < -0.4 is 0 Å². The Morgan fingerprint density at radius 1 is 0.447 bits per heavy atom. The van der Waals surface area contributed by atoms with Crippen molar-refractivity contribution in [3.8, 4) is 0 Å². The number of hydrogen-bond donors (Lipinski definition) is 0. The highest BCUT2D eigenvalue weighted by atomic mass is 16.6. The molecule has 1 aliphatic rings. The number of carbonyl (C=O) groups is 1. The van der Waals surface area contributed by atoms with Crippen molar-refractivity contribution in [1.82, 2.24) is 4.90 Å². The van der Waals surface area contributed by atoms with E-state index >= 15 is 0 Å². The third-order valence-electron chi connectivity index (χ3n) is 7.47. The molecule has 0 aromatic carbocycles. The zero-order valence-electron chi connectivity index (χ0n) is 25.2. The fourth-order valence-corrected chi connectivity index (χ4v) is 4.99. The first-order valence-electron chi connectivity index (χ1n) is 16.4. The summed E-state index contributed by atoms with van der Waals surface area (Å²) < 4.78 is 22.2. The van der Waals surface area contributed by atoms with Crippen molar-refractivity contribution in [2.45, 2.75) is 135 Å². The molecule has 0 aliphatic carbocycles. The highest BCUT2D eigenvalue weighted by Gasteiger charge is 2.13. The molecule has 0 saturated carbocycles. The van der Waals surface area contributed by atoms with Gasteiger partial charge in [0.25, 0.3) is 0 Å². The molecule has 0 radical (unpaired) electrons. The normalized spacial score (nSPS) is 16.7. The lowest BCUT2D eigenvalue weighted by molar-refractivity contribution is -0.133. The van der Waals surface area contributed by atoms with Crippen molar-refractivity contribution in [1.29, 1.82) is 0 Å². The summed E-state index contributed by atoms with van der Waals surface area (Å²) >= 11 is 0. The summed E-state index contributed by atoms with van der Waals surface area (Å²) in [6.07, 6.45) is 26.6. The Hall–Kier alpha value is -0.690. The van der Waals surface area contributed by atoms with Crippen molar-refractivity contribution >= 4 is 5.91 Å².